The molecule has 1 amide bonds. The summed E-state index contributed by atoms with van der Waals surface area (Å²) in [6.07, 6.45) is 0.110. The number of aromatic hydroxyl groups is 1. The Morgan fingerprint density at radius 3 is 2.10 bits per heavy atom. The number of carbonyl (C=O) groups is 3. The van der Waals surface area contributed by atoms with E-state index in [1.54, 1.807) is 18.2 Å². The van der Waals surface area contributed by atoms with Gasteiger partial charge in [-0.15, -0.1) is 0 Å². The number of hydrogen-bond donors (Lipinski definition) is 6. The standard InChI is InChI=1S/C30H38N2O8/c1-28(2,3)11-13-12-9-10-14(29(4,5)6)21(33)16(12)22(34)17-15(13)23(35)19-20(32(7)8)24(36)18(27(31)39)26(38)30(19,40)25(17)37/h9-11,15,19-20,23,33-35,38,40H,1-8H3,(H2,31,39)/b13-11+/t15-,19-,20+,23+,30+/m0/s1. The van der Waals surface area contributed by atoms with Crippen molar-refractivity contribution in [1.82, 2.24) is 4.90 Å². The number of aliphatic hydroxyl groups excluding tert-OH is 3. The predicted molar refractivity (Wildman–Crippen MR) is 148 cm³/mol. The van der Waals surface area contributed by atoms with Gasteiger partial charge in [-0.25, -0.2) is 0 Å². The van der Waals surface area contributed by atoms with E-state index >= 15 is 0 Å². The van der Waals surface area contributed by atoms with Gasteiger partial charge in [0, 0.05) is 11.5 Å². The van der Waals surface area contributed by atoms with Crippen molar-refractivity contribution in [1.29, 1.82) is 0 Å². The molecule has 0 bridgehead atoms. The normalized spacial score (nSPS) is 30.0. The van der Waals surface area contributed by atoms with Crippen LogP contribution in [-0.2, 0) is 19.8 Å². The minimum Gasteiger partial charge on any atom is -0.508 e. The lowest BCUT2D eigenvalue weighted by Gasteiger charge is -2.53. The number of Topliss-reactive ketones (excluding diaryl/α,β-unsaturated/α-hetero) is 2. The lowest BCUT2D eigenvalue weighted by Crippen LogP contribution is -2.70. The van der Waals surface area contributed by atoms with Gasteiger partial charge in [-0.2, -0.15) is 0 Å². The summed E-state index contributed by atoms with van der Waals surface area (Å²) in [5.41, 5.74) is 1.19. The summed E-state index contributed by atoms with van der Waals surface area (Å²) in [5.74, 6) is -8.56. The average Bonchev–Trinajstić information content (AvgIpc) is 2.78. The van der Waals surface area contributed by atoms with Gasteiger partial charge in [-0.3, -0.25) is 19.3 Å². The van der Waals surface area contributed by atoms with E-state index in [0.29, 0.717) is 16.7 Å². The minimum absolute atomic E-state index is 0.0496. The van der Waals surface area contributed by atoms with E-state index in [1.807, 2.05) is 41.5 Å². The summed E-state index contributed by atoms with van der Waals surface area (Å²) >= 11 is 0. The van der Waals surface area contributed by atoms with Gasteiger partial charge in [-0.1, -0.05) is 59.8 Å². The molecule has 0 radical (unpaired) electrons. The predicted octanol–water partition coefficient (Wildman–Crippen LogP) is 2.12. The van der Waals surface area contributed by atoms with E-state index in [0.717, 1.165) is 0 Å². The first-order chi connectivity index (χ1) is 18.2. The van der Waals surface area contributed by atoms with Gasteiger partial charge >= 0.3 is 0 Å². The Labute approximate surface area is 233 Å². The molecule has 0 spiro atoms. The molecule has 40 heavy (non-hydrogen) atoms. The topological polar surface area (TPSA) is 182 Å². The van der Waals surface area contributed by atoms with Crippen LogP contribution in [0.15, 0.2) is 35.1 Å². The number of nitrogens with zero attached hydrogens (tertiary/aromatic N) is 1. The minimum atomic E-state index is -2.96. The van der Waals surface area contributed by atoms with Crippen LogP contribution < -0.4 is 5.73 Å². The molecule has 1 aromatic rings. The zero-order chi connectivity index (χ0) is 30.4. The van der Waals surface area contributed by atoms with Crippen LogP contribution in [0.25, 0.3) is 11.3 Å². The van der Waals surface area contributed by atoms with Crippen LogP contribution in [0.3, 0.4) is 0 Å². The highest BCUT2D eigenvalue weighted by Gasteiger charge is 2.68. The van der Waals surface area contributed by atoms with Gasteiger partial charge in [0.15, 0.2) is 11.4 Å². The molecule has 10 heteroatoms. The molecule has 5 atom stereocenters. The molecule has 216 valence electrons. The van der Waals surface area contributed by atoms with E-state index < -0.39 is 80.6 Å². The van der Waals surface area contributed by atoms with Crippen molar-refractivity contribution in [3.8, 4) is 5.75 Å². The summed E-state index contributed by atoms with van der Waals surface area (Å²) in [4.78, 5) is 41.2. The summed E-state index contributed by atoms with van der Waals surface area (Å²) in [5, 5.41) is 57.9. The average molecular weight is 555 g/mol. The number of fused-ring (bicyclic) bond motifs is 3. The van der Waals surface area contributed by atoms with Gasteiger partial charge < -0.3 is 31.3 Å². The number of primary amides is 1. The summed E-state index contributed by atoms with van der Waals surface area (Å²) in [6, 6.07) is 2.01. The molecule has 4 rings (SSSR count). The maximum absolute atomic E-state index is 14.3. The molecule has 0 aromatic heterocycles. The maximum Gasteiger partial charge on any atom is 0.255 e. The first kappa shape index (κ1) is 29.5. The monoisotopic (exact) mass is 554 g/mol. The molecule has 1 saturated carbocycles. The highest BCUT2D eigenvalue weighted by Crippen LogP contribution is 2.57. The number of benzene rings is 1. The van der Waals surface area contributed by atoms with Crippen LogP contribution in [0.4, 0.5) is 0 Å². The Morgan fingerprint density at radius 2 is 1.62 bits per heavy atom. The van der Waals surface area contributed by atoms with E-state index in [2.05, 4.69) is 0 Å². The quantitative estimate of drug-likeness (QED) is 0.298. The molecule has 0 unspecified atom stereocenters. The van der Waals surface area contributed by atoms with Crippen LogP contribution in [0.2, 0.25) is 0 Å². The van der Waals surface area contributed by atoms with E-state index in [1.165, 1.54) is 19.0 Å². The van der Waals surface area contributed by atoms with Crippen molar-refractivity contribution in [2.24, 2.45) is 23.0 Å². The molecule has 3 aliphatic carbocycles. The zero-order valence-corrected chi connectivity index (χ0v) is 24.0. The third-order valence-electron chi connectivity index (χ3n) is 8.06. The third-order valence-corrected chi connectivity index (χ3v) is 8.06. The van der Waals surface area contributed by atoms with Crippen LogP contribution in [0, 0.1) is 17.3 Å². The van der Waals surface area contributed by atoms with E-state index in [9.17, 15) is 39.9 Å². The van der Waals surface area contributed by atoms with Crippen LogP contribution in [0.1, 0.15) is 58.2 Å². The third kappa shape index (κ3) is 4.00. The number of nitrogens with two attached hydrogens (primary N) is 1. The lowest BCUT2D eigenvalue weighted by molar-refractivity contribution is -0.166. The second-order valence-corrected chi connectivity index (χ2v) is 13.3. The number of rotatable bonds is 2. The fraction of sp³-hybridized carbons (Fsp3) is 0.500. The number of phenolic OH excluding ortho intramolecular Hbond substituents is 1. The molecule has 0 saturated heterocycles. The molecule has 1 aromatic carbocycles. The number of aliphatic hydroxyl groups is 4. The number of likely N-dealkylation sites (N-methyl/N-ethyl adjacent to an activating group) is 1. The number of carbonyl (C=O) groups excluding carboxylic acids is 3. The van der Waals surface area contributed by atoms with Crippen molar-refractivity contribution in [2.75, 3.05) is 14.1 Å². The van der Waals surface area contributed by atoms with Crippen molar-refractivity contribution in [3.63, 3.8) is 0 Å². The highest BCUT2D eigenvalue weighted by atomic mass is 16.4. The first-order valence-corrected chi connectivity index (χ1v) is 13.1. The van der Waals surface area contributed by atoms with Crippen LogP contribution >= 0.6 is 0 Å². The second kappa shape index (κ2) is 9.02. The maximum atomic E-state index is 14.3. The van der Waals surface area contributed by atoms with Gasteiger partial charge in [0.05, 0.1) is 29.2 Å². The largest absolute Gasteiger partial charge is 0.508 e. The van der Waals surface area contributed by atoms with Crippen molar-refractivity contribution >= 4 is 28.8 Å². The Morgan fingerprint density at radius 1 is 1.05 bits per heavy atom. The summed E-state index contributed by atoms with van der Waals surface area (Å²) in [6.45, 7) is 11.3. The van der Waals surface area contributed by atoms with E-state index in [-0.39, 0.29) is 11.3 Å². The van der Waals surface area contributed by atoms with Gasteiger partial charge in [0.1, 0.15) is 22.8 Å². The second-order valence-electron chi connectivity index (χ2n) is 13.3. The van der Waals surface area contributed by atoms with Crippen molar-refractivity contribution in [2.45, 2.75) is 64.7 Å². The number of allylic oxidation sites excluding steroid dienone is 1. The van der Waals surface area contributed by atoms with Gasteiger partial charge in [0.25, 0.3) is 5.91 Å². The lowest BCUT2D eigenvalue weighted by atomic mass is 9.54. The molecular weight excluding hydrogens is 516 g/mol. The Hall–Kier alpha value is -3.47. The van der Waals surface area contributed by atoms with Crippen molar-refractivity contribution < 1.29 is 39.9 Å². The molecular formula is C30H38N2O8. The van der Waals surface area contributed by atoms with Crippen LogP contribution in [-0.4, -0.2) is 79.7 Å². The molecule has 7 N–H and O–H groups in total. The van der Waals surface area contributed by atoms with E-state index in [4.69, 9.17) is 5.73 Å². The summed E-state index contributed by atoms with van der Waals surface area (Å²) in [7, 11) is 2.94. The Bertz CT molecular complexity index is 1440. The Kier molecular flexibility index (Phi) is 6.66. The van der Waals surface area contributed by atoms with Gasteiger partial charge in [0.2, 0.25) is 5.78 Å². The summed E-state index contributed by atoms with van der Waals surface area (Å²) < 4.78 is 0. The number of amides is 1. The highest BCUT2D eigenvalue weighted by molar-refractivity contribution is 6.25. The fourth-order valence-electron chi connectivity index (χ4n) is 6.42. The number of hydrogen-bond acceptors (Lipinski definition) is 9. The van der Waals surface area contributed by atoms with Crippen LogP contribution in [0.5, 0.6) is 5.75 Å². The number of ketones is 2. The van der Waals surface area contributed by atoms with Crippen molar-refractivity contribution in [3.05, 3.63) is 51.8 Å². The fourth-order valence-corrected chi connectivity index (χ4v) is 6.42. The molecule has 1 fully saturated rings. The first-order valence-electron chi connectivity index (χ1n) is 13.1. The molecule has 0 aliphatic heterocycles. The molecule has 0 heterocycles. The number of phenols is 1. The zero-order valence-electron chi connectivity index (χ0n) is 24.0. The molecule has 3 aliphatic rings. The Balaban J connectivity index is 2.16. The SMILES string of the molecule is CN(C)[C@H]1C(=O)C(C(N)=O)=C(O)[C@]2(O)C(=O)C3=C(O)c4c(ccc(C(C)(C)C)c4O)/C(=C\C(C)(C)C)[C@@H]3[C@@H](O)[C@H]12. The van der Waals surface area contributed by atoms with Gasteiger partial charge in [-0.05, 0) is 36.1 Å². The smallest absolute Gasteiger partial charge is 0.255 e. The molecule has 10 nitrogen and oxygen atoms in total.